The van der Waals surface area contributed by atoms with Crippen LogP contribution in [0, 0.1) is 11.8 Å². The Morgan fingerprint density at radius 1 is 1.10 bits per heavy atom. The van der Waals surface area contributed by atoms with Crippen LogP contribution in [0.15, 0.2) is 24.3 Å². The topological polar surface area (TPSA) is 38.5 Å². The molecule has 0 atom stereocenters. The maximum absolute atomic E-state index is 5.73. The molecule has 1 aromatic carbocycles. The van der Waals surface area contributed by atoms with E-state index in [-0.39, 0.29) is 0 Å². The fourth-order valence-corrected chi connectivity index (χ4v) is 2.50. The Morgan fingerprint density at radius 3 is 2.33 bits per heavy atom. The monoisotopic (exact) mass is 292 g/mol. The molecule has 0 aliphatic carbocycles. The number of hydrogen-bond acceptors (Lipinski definition) is 3. The lowest BCUT2D eigenvalue weighted by Gasteiger charge is -2.26. The van der Waals surface area contributed by atoms with E-state index in [0.29, 0.717) is 25.0 Å². The van der Waals surface area contributed by atoms with Gasteiger partial charge in [-0.1, -0.05) is 39.8 Å². The van der Waals surface area contributed by atoms with Crippen LogP contribution in [-0.4, -0.2) is 31.1 Å². The van der Waals surface area contributed by atoms with Gasteiger partial charge < -0.3 is 10.5 Å². The molecule has 2 N–H and O–H groups in total. The van der Waals surface area contributed by atoms with Crippen molar-refractivity contribution in [1.82, 2.24) is 4.90 Å². The van der Waals surface area contributed by atoms with Gasteiger partial charge in [-0.2, -0.15) is 0 Å². The van der Waals surface area contributed by atoms with Gasteiger partial charge in [-0.15, -0.1) is 0 Å². The maximum atomic E-state index is 5.73. The molecule has 0 spiro atoms. The van der Waals surface area contributed by atoms with Gasteiger partial charge in [-0.05, 0) is 42.5 Å². The summed E-state index contributed by atoms with van der Waals surface area (Å²) in [6.45, 7) is 13.7. The van der Waals surface area contributed by atoms with Crippen LogP contribution in [0.2, 0.25) is 0 Å². The molecule has 3 nitrogen and oxygen atoms in total. The van der Waals surface area contributed by atoms with Gasteiger partial charge in [0.15, 0.2) is 0 Å². The smallest absolute Gasteiger partial charge is 0.119 e. The average molecular weight is 292 g/mol. The zero-order valence-corrected chi connectivity index (χ0v) is 14.1. The van der Waals surface area contributed by atoms with Gasteiger partial charge in [-0.25, -0.2) is 0 Å². The lowest BCUT2D eigenvalue weighted by atomic mass is 10.1. The van der Waals surface area contributed by atoms with E-state index in [1.54, 1.807) is 0 Å². The van der Waals surface area contributed by atoms with E-state index in [1.165, 1.54) is 5.56 Å². The molecule has 0 aliphatic rings. The first-order valence-corrected chi connectivity index (χ1v) is 8.15. The second-order valence-corrected chi connectivity index (χ2v) is 6.62. The summed E-state index contributed by atoms with van der Waals surface area (Å²) in [4.78, 5) is 2.54. The van der Waals surface area contributed by atoms with Crippen LogP contribution in [0.5, 0.6) is 5.75 Å². The Morgan fingerprint density at radius 2 is 1.76 bits per heavy atom. The minimum Gasteiger partial charge on any atom is -0.494 e. The Labute approximate surface area is 130 Å². The summed E-state index contributed by atoms with van der Waals surface area (Å²) >= 11 is 0. The third kappa shape index (κ3) is 8.08. The van der Waals surface area contributed by atoms with Crippen molar-refractivity contribution in [2.45, 2.75) is 40.7 Å². The zero-order valence-electron chi connectivity index (χ0n) is 14.1. The van der Waals surface area contributed by atoms with Crippen LogP contribution in [-0.2, 0) is 6.54 Å². The van der Waals surface area contributed by atoms with E-state index in [4.69, 9.17) is 10.5 Å². The van der Waals surface area contributed by atoms with Crippen molar-refractivity contribution in [3.05, 3.63) is 29.8 Å². The van der Waals surface area contributed by atoms with Crippen molar-refractivity contribution in [3.8, 4) is 5.75 Å². The molecule has 1 rings (SSSR count). The summed E-state index contributed by atoms with van der Waals surface area (Å²) in [5.41, 5.74) is 6.82. The molecule has 0 saturated heterocycles. The van der Waals surface area contributed by atoms with Gasteiger partial charge in [-0.3, -0.25) is 4.90 Å². The highest BCUT2D eigenvalue weighted by atomic mass is 16.5. The standard InChI is InChI=1S/C18H32N2O/c1-15(2)12-20(13-16(3)4)14-17-7-5-8-18(11-17)21-10-6-9-19/h5,7-8,11,15-16H,6,9-10,12-14,19H2,1-4H3. The number of nitrogens with zero attached hydrogens (tertiary/aromatic N) is 1. The summed E-state index contributed by atoms with van der Waals surface area (Å²) < 4.78 is 5.73. The highest BCUT2D eigenvalue weighted by molar-refractivity contribution is 5.28. The molecule has 0 radical (unpaired) electrons. The molecule has 0 amide bonds. The second-order valence-electron chi connectivity index (χ2n) is 6.62. The Kier molecular flexibility index (Phi) is 8.40. The van der Waals surface area contributed by atoms with E-state index in [9.17, 15) is 0 Å². The van der Waals surface area contributed by atoms with Crippen molar-refractivity contribution in [2.24, 2.45) is 17.6 Å². The summed E-state index contributed by atoms with van der Waals surface area (Å²) in [5, 5.41) is 0. The van der Waals surface area contributed by atoms with Gasteiger partial charge in [0.25, 0.3) is 0 Å². The quantitative estimate of drug-likeness (QED) is 0.671. The number of hydrogen-bond donors (Lipinski definition) is 1. The minimum absolute atomic E-state index is 0.677. The van der Waals surface area contributed by atoms with E-state index in [0.717, 1.165) is 31.8 Å². The van der Waals surface area contributed by atoms with Crippen molar-refractivity contribution in [2.75, 3.05) is 26.2 Å². The fraction of sp³-hybridized carbons (Fsp3) is 0.667. The highest BCUT2D eigenvalue weighted by Crippen LogP contribution is 2.16. The van der Waals surface area contributed by atoms with Crippen LogP contribution in [0.1, 0.15) is 39.7 Å². The van der Waals surface area contributed by atoms with Crippen LogP contribution < -0.4 is 10.5 Å². The third-order valence-electron chi connectivity index (χ3n) is 3.17. The molecule has 1 aromatic rings. The number of nitrogens with two attached hydrogens (primary N) is 1. The molecule has 0 aliphatic heterocycles. The first-order valence-electron chi connectivity index (χ1n) is 8.15. The lowest BCUT2D eigenvalue weighted by molar-refractivity contribution is 0.211. The van der Waals surface area contributed by atoms with E-state index in [1.807, 2.05) is 6.07 Å². The van der Waals surface area contributed by atoms with Gasteiger partial charge in [0.1, 0.15) is 5.75 Å². The fourth-order valence-electron chi connectivity index (χ4n) is 2.50. The summed E-state index contributed by atoms with van der Waals surface area (Å²) in [6.07, 6.45) is 0.900. The van der Waals surface area contributed by atoms with Crippen LogP contribution in [0.25, 0.3) is 0 Å². The SMILES string of the molecule is CC(C)CN(Cc1cccc(OCCCN)c1)CC(C)C. The molecule has 120 valence electrons. The van der Waals surface area contributed by atoms with Crippen LogP contribution in [0.3, 0.4) is 0 Å². The molecular formula is C18H32N2O. The van der Waals surface area contributed by atoms with E-state index >= 15 is 0 Å². The van der Waals surface area contributed by atoms with Crippen molar-refractivity contribution in [1.29, 1.82) is 0 Å². The predicted octanol–water partition coefficient (Wildman–Crippen LogP) is 3.53. The molecular weight excluding hydrogens is 260 g/mol. The van der Waals surface area contributed by atoms with Gasteiger partial charge >= 0.3 is 0 Å². The van der Waals surface area contributed by atoms with Crippen molar-refractivity contribution in [3.63, 3.8) is 0 Å². The minimum atomic E-state index is 0.677. The van der Waals surface area contributed by atoms with E-state index in [2.05, 4.69) is 50.8 Å². The Bertz CT molecular complexity index is 381. The number of rotatable bonds is 10. The molecule has 3 heteroatoms. The van der Waals surface area contributed by atoms with Gasteiger partial charge in [0.05, 0.1) is 6.61 Å². The summed E-state index contributed by atoms with van der Waals surface area (Å²) in [6, 6.07) is 8.44. The number of ether oxygens (including phenoxy) is 1. The first-order chi connectivity index (χ1) is 10.0. The maximum Gasteiger partial charge on any atom is 0.119 e. The van der Waals surface area contributed by atoms with Crippen LogP contribution >= 0.6 is 0 Å². The van der Waals surface area contributed by atoms with Crippen molar-refractivity contribution >= 4 is 0 Å². The Balaban J connectivity index is 2.62. The van der Waals surface area contributed by atoms with E-state index < -0.39 is 0 Å². The van der Waals surface area contributed by atoms with Gasteiger partial charge in [0.2, 0.25) is 0 Å². The van der Waals surface area contributed by atoms with Crippen LogP contribution in [0.4, 0.5) is 0 Å². The lowest BCUT2D eigenvalue weighted by Crippen LogP contribution is -2.30. The first kappa shape index (κ1) is 18.0. The summed E-state index contributed by atoms with van der Waals surface area (Å²) in [5.74, 6) is 2.33. The average Bonchev–Trinajstić information content (AvgIpc) is 2.38. The third-order valence-corrected chi connectivity index (χ3v) is 3.17. The zero-order chi connectivity index (χ0) is 15.7. The second kappa shape index (κ2) is 9.80. The van der Waals surface area contributed by atoms with Gasteiger partial charge in [0, 0.05) is 19.6 Å². The normalized spacial score (nSPS) is 11.6. The largest absolute Gasteiger partial charge is 0.494 e. The molecule has 0 bridgehead atoms. The molecule has 0 saturated carbocycles. The summed E-state index contributed by atoms with van der Waals surface area (Å²) in [7, 11) is 0. The molecule has 0 heterocycles. The van der Waals surface area contributed by atoms with Crippen molar-refractivity contribution < 1.29 is 4.74 Å². The molecule has 0 aromatic heterocycles. The Hall–Kier alpha value is -1.06. The molecule has 21 heavy (non-hydrogen) atoms. The molecule has 0 unspecified atom stereocenters. The number of benzene rings is 1. The predicted molar refractivity (Wildman–Crippen MR) is 90.6 cm³/mol. The highest BCUT2D eigenvalue weighted by Gasteiger charge is 2.10. The molecule has 0 fully saturated rings.